The molecule has 0 radical (unpaired) electrons. The number of aromatic nitrogens is 1. The molecular weight excluding hydrogens is 423 g/mol. The summed E-state index contributed by atoms with van der Waals surface area (Å²) in [6.45, 7) is 1.91. The highest BCUT2D eigenvalue weighted by atomic mass is 35.5. The van der Waals surface area contributed by atoms with Gasteiger partial charge in [0.15, 0.2) is 11.7 Å². The number of carbonyl (C=O) groups excluding carboxylic acids is 1. The van der Waals surface area contributed by atoms with Gasteiger partial charge in [-0.2, -0.15) is 0 Å². The molecule has 30 heavy (non-hydrogen) atoms. The maximum Gasteiger partial charge on any atom is 0.199 e. The fourth-order valence-corrected chi connectivity index (χ4v) is 8.14. The van der Waals surface area contributed by atoms with Crippen LogP contribution in [0, 0.1) is 5.82 Å². The SMILES string of the molecule is CN1C(N)=N[C@](C)(c2cc(CC(=O)c3ccc(Cl)cn3)ccc2F)CS1(C)(C)(C)C. The molecule has 1 aliphatic heterocycles. The van der Waals surface area contributed by atoms with Gasteiger partial charge in [-0.15, -0.1) is 0 Å². The largest absolute Gasteiger partial charge is 0.369 e. The van der Waals surface area contributed by atoms with Crippen LogP contribution in [-0.2, 0) is 12.0 Å². The number of pyridine rings is 1. The minimum absolute atomic E-state index is 0.109. The molecule has 2 heterocycles. The van der Waals surface area contributed by atoms with Crippen molar-refractivity contribution in [2.45, 2.75) is 18.9 Å². The second-order valence-electron chi connectivity index (χ2n) is 10.6. The van der Waals surface area contributed by atoms with Crippen molar-refractivity contribution in [3.8, 4) is 0 Å². The fourth-order valence-electron chi connectivity index (χ4n) is 4.19. The summed E-state index contributed by atoms with van der Waals surface area (Å²) in [6.07, 6.45) is 10.4. The summed E-state index contributed by atoms with van der Waals surface area (Å²) in [6, 6.07) is 7.98. The zero-order valence-corrected chi connectivity index (χ0v) is 19.9. The smallest absolute Gasteiger partial charge is 0.199 e. The van der Waals surface area contributed by atoms with Crippen LogP contribution in [0.15, 0.2) is 41.5 Å². The highest BCUT2D eigenvalue weighted by molar-refractivity contribution is 8.61. The third kappa shape index (κ3) is 4.18. The molecule has 0 bridgehead atoms. The lowest BCUT2D eigenvalue weighted by atomic mass is 9.91. The van der Waals surface area contributed by atoms with Crippen LogP contribution in [0.3, 0.4) is 0 Å². The van der Waals surface area contributed by atoms with Gasteiger partial charge >= 0.3 is 0 Å². The Morgan fingerprint density at radius 1 is 1.27 bits per heavy atom. The summed E-state index contributed by atoms with van der Waals surface area (Å²) in [5.74, 6) is 0.518. The van der Waals surface area contributed by atoms with Gasteiger partial charge < -0.3 is 10.0 Å². The summed E-state index contributed by atoms with van der Waals surface area (Å²) < 4.78 is 17.1. The number of Topliss-reactive ketones (excluding diaryl/α,β-unsaturated/α-hetero) is 1. The first kappa shape index (κ1) is 22.6. The van der Waals surface area contributed by atoms with E-state index >= 15 is 4.39 Å². The zero-order valence-electron chi connectivity index (χ0n) is 18.4. The van der Waals surface area contributed by atoms with Gasteiger partial charge in [-0.1, -0.05) is 17.7 Å². The number of carbonyl (C=O) groups is 1. The van der Waals surface area contributed by atoms with Gasteiger partial charge in [0.05, 0.1) is 10.6 Å². The van der Waals surface area contributed by atoms with Gasteiger partial charge in [0, 0.05) is 31.0 Å². The molecule has 0 spiro atoms. The lowest BCUT2D eigenvalue weighted by molar-refractivity contribution is 0.0988. The van der Waals surface area contributed by atoms with E-state index < -0.39 is 14.0 Å². The molecule has 164 valence electrons. The van der Waals surface area contributed by atoms with Gasteiger partial charge in [0.25, 0.3) is 0 Å². The average molecular weight is 453 g/mol. The average Bonchev–Trinajstić information content (AvgIpc) is 2.60. The number of hydrogen-bond acceptors (Lipinski definition) is 5. The lowest BCUT2D eigenvalue weighted by Gasteiger charge is -2.78. The Kier molecular flexibility index (Phi) is 4.84. The van der Waals surface area contributed by atoms with E-state index in [1.165, 1.54) is 12.3 Å². The van der Waals surface area contributed by atoms with Crippen LogP contribution in [0.1, 0.15) is 28.5 Å². The number of guanidine groups is 1. The topological polar surface area (TPSA) is 71.6 Å². The molecule has 0 saturated carbocycles. The third-order valence-corrected chi connectivity index (χ3v) is 10.7. The Hall–Kier alpha value is -2.12. The minimum Gasteiger partial charge on any atom is -0.369 e. The number of rotatable bonds is 4. The van der Waals surface area contributed by atoms with E-state index in [1.54, 1.807) is 24.3 Å². The standard InChI is InChI=1S/C22H30ClFN4OS/c1-22(14-30(3,4,5,6)28(2)21(25)27-22)17-11-15(7-9-18(17)24)12-20(29)19-10-8-16(23)13-26-19/h7-11,13H,12,14H2,1-6H3,(H2,25,27)/t22-/m0/s1. The van der Waals surface area contributed by atoms with Crippen molar-refractivity contribution in [1.29, 1.82) is 0 Å². The quantitative estimate of drug-likeness (QED) is 0.709. The van der Waals surface area contributed by atoms with Crippen molar-refractivity contribution in [2.24, 2.45) is 10.7 Å². The number of hydrogen-bond donors (Lipinski definition) is 1. The Morgan fingerprint density at radius 3 is 2.50 bits per heavy atom. The molecular formula is C22H30ClFN4OS. The van der Waals surface area contributed by atoms with Crippen molar-refractivity contribution < 1.29 is 9.18 Å². The van der Waals surface area contributed by atoms with Gasteiger partial charge in [-0.25, -0.2) is 17.9 Å². The molecule has 1 aromatic carbocycles. The molecule has 8 heteroatoms. The number of halogens is 2. The molecule has 2 aromatic rings. The van der Waals surface area contributed by atoms with Crippen molar-refractivity contribution in [3.05, 3.63) is 64.2 Å². The number of ketones is 1. The molecule has 0 fully saturated rings. The van der Waals surface area contributed by atoms with Crippen LogP contribution in [0.5, 0.6) is 0 Å². The minimum atomic E-state index is -2.82. The number of aliphatic imine (C=N–C) groups is 1. The van der Waals surface area contributed by atoms with Crippen molar-refractivity contribution in [1.82, 2.24) is 9.29 Å². The second-order valence-corrected chi connectivity index (χ2v) is 20.8. The Labute approximate surface area is 181 Å². The Balaban J connectivity index is 2.01. The van der Waals surface area contributed by atoms with E-state index in [1.807, 2.05) is 14.0 Å². The van der Waals surface area contributed by atoms with E-state index in [0.717, 1.165) is 0 Å². The second kappa shape index (κ2) is 6.44. The maximum atomic E-state index is 15.0. The van der Waals surface area contributed by atoms with E-state index in [-0.39, 0.29) is 18.0 Å². The molecule has 0 amide bonds. The van der Waals surface area contributed by atoms with Crippen LogP contribution >= 0.6 is 20.1 Å². The first-order valence-electron chi connectivity index (χ1n) is 9.57. The monoisotopic (exact) mass is 452 g/mol. The van der Waals surface area contributed by atoms with Crippen molar-refractivity contribution in [2.75, 3.05) is 37.8 Å². The Morgan fingerprint density at radius 2 is 1.93 bits per heavy atom. The highest BCUT2D eigenvalue weighted by Gasteiger charge is 2.55. The molecule has 2 N–H and O–H groups in total. The molecule has 1 aromatic heterocycles. The Bertz CT molecular complexity index is 1060. The molecule has 3 rings (SSSR count). The first-order valence-corrected chi connectivity index (χ1v) is 14.2. The molecule has 0 unspecified atom stereocenters. The molecule has 0 saturated heterocycles. The van der Waals surface area contributed by atoms with E-state index in [0.29, 0.717) is 33.6 Å². The lowest BCUT2D eigenvalue weighted by Crippen LogP contribution is -2.61. The molecule has 0 aliphatic carbocycles. The summed E-state index contributed by atoms with van der Waals surface area (Å²) in [5.41, 5.74) is 6.94. The van der Waals surface area contributed by atoms with E-state index in [9.17, 15) is 4.79 Å². The van der Waals surface area contributed by atoms with Crippen LogP contribution in [0.25, 0.3) is 0 Å². The van der Waals surface area contributed by atoms with E-state index in [4.69, 9.17) is 22.3 Å². The number of nitrogens with two attached hydrogens (primary N) is 1. The summed E-state index contributed by atoms with van der Waals surface area (Å²) in [7, 11) is -0.869. The zero-order chi connectivity index (χ0) is 22.6. The van der Waals surface area contributed by atoms with Crippen molar-refractivity contribution in [3.63, 3.8) is 0 Å². The summed E-state index contributed by atoms with van der Waals surface area (Å²) in [4.78, 5) is 21.4. The van der Waals surface area contributed by atoms with Gasteiger partial charge in [0.2, 0.25) is 0 Å². The van der Waals surface area contributed by atoms with Crippen LogP contribution in [0.2, 0.25) is 5.02 Å². The number of nitrogens with zero attached hydrogens (tertiary/aromatic N) is 3. The fraction of sp³-hybridized carbons (Fsp3) is 0.409. The van der Waals surface area contributed by atoms with Crippen LogP contribution in [0.4, 0.5) is 4.39 Å². The molecule has 5 nitrogen and oxygen atoms in total. The van der Waals surface area contributed by atoms with Crippen molar-refractivity contribution >= 4 is 31.8 Å². The van der Waals surface area contributed by atoms with Gasteiger partial charge in [-0.3, -0.25) is 9.78 Å². The van der Waals surface area contributed by atoms with Crippen LogP contribution < -0.4 is 5.73 Å². The van der Waals surface area contributed by atoms with Gasteiger partial charge in [0.1, 0.15) is 11.5 Å². The van der Waals surface area contributed by atoms with Gasteiger partial charge in [-0.05, 0) is 61.8 Å². The predicted molar refractivity (Wildman–Crippen MR) is 127 cm³/mol. The normalized spacial score (nSPS) is 26.5. The van der Waals surface area contributed by atoms with E-state index in [2.05, 4.69) is 34.3 Å². The molecule has 1 aliphatic rings. The maximum absolute atomic E-state index is 15.0. The summed E-state index contributed by atoms with van der Waals surface area (Å²) in [5, 5.41) is 0.467. The predicted octanol–water partition coefficient (Wildman–Crippen LogP) is 4.09. The summed E-state index contributed by atoms with van der Waals surface area (Å²) >= 11 is 5.84. The highest BCUT2D eigenvalue weighted by Crippen LogP contribution is 2.83. The first-order chi connectivity index (χ1) is 13.5. The van der Waals surface area contributed by atoms with Crippen LogP contribution in [-0.4, -0.2) is 58.9 Å². The number of benzene rings is 1. The third-order valence-electron chi connectivity index (χ3n) is 5.88. The molecule has 1 atom stereocenters.